The molecule has 0 amide bonds. The number of nitrogens with one attached hydrogen (secondary N) is 1. The van der Waals surface area contributed by atoms with E-state index >= 15 is 0 Å². The van der Waals surface area contributed by atoms with Gasteiger partial charge in [-0.05, 0) is 57.1 Å². The van der Waals surface area contributed by atoms with Crippen LogP contribution in [0.5, 0.6) is 0 Å². The van der Waals surface area contributed by atoms with Crippen LogP contribution in [0, 0.1) is 25.7 Å². The second-order valence-corrected chi connectivity index (χ2v) is 6.53. The molecule has 0 aliphatic heterocycles. The van der Waals surface area contributed by atoms with Crippen molar-refractivity contribution in [2.75, 3.05) is 6.54 Å². The lowest BCUT2D eigenvalue weighted by Crippen LogP contribution is -2.28. The maximum Gasteiger partial charge on any atom is 0.0348 e. The molecule has 1 aromatic rings. The smallest absolute Gasteiger partial charge is 0.0348 e. The Morgan fingerprint density at radius 3 is 2.37 bits per heavy atom. The summed E-state index contributed by atoms with van der Waals surface area (Å²) in [5.74, 6) is 1.73. The zero-order chi connectivity index (χ0) is 13.8. The lowest BCUT2D eigenvalue weighted by Gasteiger charge is -2.26. The van der Waals surface area contributed by atoms with Crippen molar-refractivity contribution in [1.29, 1.82) is 0 Å². The van der Waals surface area contributed by atoms with Crippen LogP contribution in [0.1, 0.15) is 62.3 Å². The first-order valence-electron chi connectivity index (χ1n) is 7.91. The lowest BCUT2D eigenvalue weighted by molar-refractivity contribution is 0.359. The van der Waals surface area contributed by atoms with Gasteiger partial charge in [-0.2, -0.15) is 0 Å². The number of hydrogen-bond donors (Lipinski definition) is 1. The van der Waals surface area contributed by atoms with E-state index in [1.807, 2.05) is 0 Å². The molecule has 1 aliphatic carbocycles. The minimum atomic E-state index is 0.559. The molecule has 0 aromatic heterocycles. The first kappa shape index (κ1) is 14.6. The molecule has 106 valence electrons. The second kappa shape index (κ2) is 6.56. The van der Waals surface area contributed by atoms with Gasteiger partial charge in [0.05, 0.1) is 0 Å². The van der Waals surface area contributed by atoms with Crippen LogP contribution in [0.4, 0.5) is 0 Å². The predicted octanol–water partition coefficient (Wildman–Crippen LogP) is 4.78. The first-order valence-corrected chi connectivity index (χ1v) is 7.91. The highest BCUT2D eigenvalue weighted by molar-refractivity contribution is 5.31. The Morgan fingerprint density at radius 2 is 1.84 bits per heavy atom. The Morgan fingerprint density at radius 1 is 1.16 bits per heavy atom. The summed E-state index contributed by atoms with van der Waals surface area (Å²) in [6.45, 7) is 10.2. The summed E-state index contributed by atoms with van der Waals surface area (Å²) in [5.41, 5.74) is 4.29. The molecule has 1 saturated carbocycles. The van der Waals surface area contributed by atoms with Gasteiger partial charge in [-0.1, -0.05) is 49.6 Å². The molecule has 3 atom stereocenters. The zero-order valence-corrected chi connectivity index (χ0v) is 13.0. The van der Waals surface area contributed by atoms with Crippen molar-refractivity contribution >= 4 is 0 Å². The summed E-state index contributed by atoms with van der Waals surface area (Å²) in [4.78, 5) is 0. The maximum atomic E-state index is 3.80. The average Bonchev–Trinajstić information content (AvgIpc) is 2.75. The second-order valence-electron chi connectivity index (χ2n) is 6.53. The molecule has 0 heterocycles. The van der Waals surface area contributed by atoms with Crippen LogP contribution in [-0.4, -0.2) is 6.54 Å². The molecule has 19 heavy (non-hydrogen) atoms. The van der Waals surface area contributed by atoms with Gasteiger partial charge in [0.25, 0.3) is 0 Å². The Bertz CT molecular complexity index is 390. The van der Waals surface area contributed by atoms with Gasteiger partial charge in [0.2, 0.25) is 0 Å². The van der Waals surface area contributed by atoms with E-state index in [9.17, 15) is 0 Å². The average molecular weight is 259 g/mol. The van der Waals surface area contributed by atoms with Crippen LogP contribution < -0.4 is 5.32 Å². The highest BCUT2D eigenvalue weighted by Crippen LogP contribution is 2.39. The largest absolute Gasteiger partial charge is 0.310 e. The van der Waals surface area contributed by atoms with Gasteiger partial charge in [-0.15, -0.1) is 0 Å². The van der Waals surface area contributed by atoms with Crippen LogP contribution in [0.15, 0.2) is 18.2 Å². The highest BCUT2D eigenvalue weighted by atomic mass is 14.9. The van der Waals surface area contributed by atoms with Crippen LogP contribution >= 0.6 is 0 Å². The van der Waals surface area contributed by atoms with Crippen molar-refractivity contribution < 1.29 is 0 Å². The SMILES string of the molecule is CCCNC(c1cc(C)cc(C)c1)C1CCC(C)C1. The molecule has 2 rings (SSSR count). The minimum Gasteiger partial charge on any atom is -0.310 e. The molecule has 1 aromatic carbocycles. The molecule has 1 heteroatoms. The van der Waals surface area contributed by atoms with Crippen molar-refractivity contribution in [1.82, 2.24) is 5.32 Å². The molecular formula is C18H29N. The van der Waals surface area contributed by atoms with Crippen LogP contribution in [0.25, 0.3) is 0 Å². The summed E-state index contributed by atoms with van der Waals surface area (Å²) >= 11 is 0. The van der Waals surface area contributed by atoms with Crippen molar-refractivity contribution in [2.24, 2.45) is 11.8 Å². The summed E-state index contributed by atoms with van der Waals surface area (Å²) in [6.07, 6.45) is 5.38. The zero-order valence-electron chi connectivity index (χ0n) is 13.0. The molecular weight excluding hydrogens is 230 g/mol. The van der Waals surface area contributed by atoms with Crippen LogP contribution in [0.3, 0.4) is 0 Å². The van der Waals surface area contributed by atoms with E-state index in [2.05, 4.69) is 51.2 Å². The lowest BCUT2D eigenvalue weighted by atomic mass is 9.89. The summed E-state index contributed by atoms with van der Waals surface area (Å²) in [5, 5.41) is 3.80. The minimum absolute atomic E-state index is 0.559. The fourth-order valence-electron chi connectivity index (χ4n) is 3.60. The first-order chi connectivity index (χ1) is 9.10. The summed E-state index contributed by atoms with van der Waals surface area (Å²) in [6, 6.07) is 7.59. The van der Waals surface area contributed by atoms with Crippen LogP contribution in [-0.2, 0) is 0 Å². The van der Waals surface area contributed by atoms with Gasteiger partial charge < -0.3 is 5.32 Å². The molecule has 3 unspecified atom stereocenters. The van der Waals surface area contributed by atoms with E-state index in [-0.39, 0.29) is 0 Å². The Balaban J connectivity index is 2.20. The Hall–Kier alpha value is -0.820. The van der Waals surface area contributed by atoms with Crippen LogP contribution in [0.2, 0.25) is 0 Å². The van der Waals surface area contributed by atoms with Crippen molar-refractivity contribution in [3.8, 4) is 0 Å². The fraction of sp³-hybridized carbons (Fsp3) is 0.667. The van der Waals surface area contributed by atoms with E-state index in [0.29, 0.717) is 6.04 Å². The van der Waals surface area contributed by atoms with E-state index in [1.165, 1.54) is 42.4 Å². The molecule has 0 spiro atoms. The monoisotopic (exact) mass is 259 g/mol. The maximum absolute atomic E-state index is 3.80. The molecule has 1 fully saturated rings. The predicted molar refractivity (Wildman–Crippen MR) is 83.5 cm³/mol. The molecule has 1 aliphatic rings. The highest BCUT2D eigenvalue weighted by Gasteiger charge is 2.29. The number of aryl methyl sites for hydroxylation is 2. The molecule has 1 N–H and O–H groups in total. The van der Waals surface area contributed by atoms with E-state index in [4.69, 9.17) is 0 Å². The van der Waals surface area contributed by atoms with Gasteiger partial charge in [0.1, 0.15) is 0 Å². The van der Waals surface area contributed by atoms with Crippen molar-refractivity contribution in [2.45, 2.75) is 59.4 Å². The fourth-order valence-corrected chi connectivity index (χ4v) is 3.60. The number of benzene rings is 1. The standard InChI is InChI=1S/C18H29N/c1-5-8-19-18(16-7-6-13(2)10-16)17-11-14(3)9-15(4)12-17/h9,11-13,16,18-19H,5-8,10H2,1-4H3. The van der Waals surface area contributed by atoms with Gasteiger partial charge >= 0.3 is 0 Å². The van der Waals surface area contributed by atoms with E-state index in [1.54, 1.807) is 0 Å². The molecule has 0 bridgehead atoms. The third-order valence-corrected chi connectivity index (χ3v) is 4.42. The Kier molecular flexibility index (Phi) is 5.04. The van der Waals surface area contributed by atoms with E-state index in [0.717, 1.165) is 18.4 Å². The van der Waals surface area contributed by atoms with Gasteiger partial charge in [0, 0.05) is 6.04 Å². The summed E-state index contributed by atoms with van der Waals surface area (Å²) < 4.78 is 0. The number of hydrogen-bond acceptors (Lipinski definition) is 1. The molecule has 0 saturated heterocycles. The van der Waals surface area contributed by atoms with Gasteiger partial charge in [0.15, 0.2) is 0 Å². The molecule has 1 nitrogen and oxygen atoms in total. The topological polar surface area (TPSA) is 12.0 Å². The van der Waals surface area contributed by atoms with Gasteiger partial charge in [-0.3, -0.25) is 0 Å². The van der Waals surface area contributed by atoms with Gasteiger partial charge in [-0.25, -0.2) is 0 Å². The van der Waals surface area contributed by atoms with Crippen molar-refractivity contribution in [3.63, 3.8) is 0 Å². The Labute approximate surface area is 118 Å². The summed E-state index contributed by atoms with van der Waals surface area (Å²) in [7, 11) is 0. The quantitative estimate of drug-likeness (QED) is 0.802. The molecule has 0 radical (unpaired) electrons. The third kappa shape index (κ3) is 3.82. The normalized spacial score (nSPS) is 24.6. The van der Waals surface area contributed by atoms with E-state index < -0.39 is 0 Å². The third-order valence-electron chi connectivity index (χ3n) is 4.42. The van der Waals surface area contributed by atoms with Crippen molar-refractivity contribution in [3.05, 3.63) is 34.9 Å². The number of rotatable bonds is 5.